The molecule has 3 aliphatic rings. The highest BCUT2D eigenvalue weighted by atomic mass is 32.2. The summed E-state index contributed by atoms with van der Waals surface area (Å²) in [4.78, 5) is 32.2. The van der Waals surface area contributed by atoms with Gasteiger partial charge in [0, 0.05) is 38.8 Å². The SMILES string of the molecule is Cc1c(/C=C2/SC(=S)N(C3CCS(=O)(=O)C3)C2=O)c(N2CCN(C)CC2)n(C)c(=O)c1C#N. The molecule has 0 saturated carbocycles. The molecule has 1 amide bonds. The Bertz CT molecular complexity index is 1270. The van der Waals surface area contributed by atoms with Crippen LogP contribution >= 0.6 is 24.0 Å². The molecule has 1 aromatic rings. The molecule has 3 saturated heterocycles. The van der Waals surface area contributed by atoms with Crippen LogP contribution in [-0.4, -0.2) is 83.8 Å². The summed E-state index contributed by atoms with van der Waals surface area (Å²) >= 11 is 6.56. The third-order valence-electron chi connectivity index (χ3n) is 6.44. The Morgan fingerprint density at radius 1 is 1.18 bits per heavy atom. The van der Waals surface area contributed by atoms with Gasteiger partial charge < -0.3 is 9.80 Å². The Morgan fingerprint density at radius 2 is 1.85 bits per heavy atom. The highest BCUT2D eigenvalue weighted by Crippen LogP contribution is 2.38. The number of nitrogens with zero attached hydrogens (tertiary/aromatic N) is 5. The van der Waals surface area contributed by atoms with Crippen molar-refractivity contribution in [2.45, 2.75) is 19.4 Å². The lowest BCUT2D eigenvalue weighted by atomic mass is 10.0. The number of pyridine rings is 1. The Labute approximate surface area is 202 Å². The van der Waals surface area contributed by atoms with E-state index >= 15 is 0 Å². The van der Waals surface area contributed by atoms with Gasteiger partial charge in [-0.2, -0.15) is 5.26 Å². The lowest BCUT2D eigenvalue weighted by molar-refractivity contribution is -0.123. The van der Waals surface area contributed by atoms with Gasteiger partial charge in [-0.3, -0.25) is 19.1 Å². The number of hydrogen-bond acceptors (Lipinski definition) is 9. The van der Waals surface area contributed by atoms with E-state index in [0.717, 1.165) is 24.9 Å². The van der Waals surface area contributed by atoms with Crippen molar-refractivity contribution in [3.05, 3.63) is 31.9 Å². The number of rotatable bonds is 3. The first-order valence-corrected chi connectivity index (χ1v) is 13.6. The van der Waals surface area contributed by atoms with Crippen molar-refractivity contribution in [3.8, 4) is 6.07 Å². The molecule has 1 aromatic heterocycles. The van der Waals surface area contributed by atoms with Crippen LogP contribution in [0.4, 0.5) is 5.82 Å². The van der Waals surface area contributed by atoms with Gasteiger partial charge in [0.15, 0.2) is 9.84 Å². The maximum Gasteiger partial charge on any atom is 0.270 e. The Morgan fingerprint density at radius 3 is 2.42 bits per heavy atom. The van der Waals surface area contributed by atoms with Crippen LogP contribution in [0, 0.1) is 18.3 Å². The number of thiocarbonyl (C=S) groups is 1. The van der Waals surface area contributed by atoms with E-state index in [2.05, 4.69) is 9.80 Å². The number of likely N-dealkylation sites (N-methyl/N-ethyl adjacent to an activating group) is 1. The van der Waals surface area contributed by atoms with Gasteiger partial charge in [-0.05, 0) is 32.0 Å². The minimum atomic E-state index is -3.17. The Kier molecular flexibility index (Phi) is 6.43. The minimum Gasteiger partial charge on any atom is -0.355 e. The number of nitriles is 1. The van der Waals surface area contributed by atoms with Crippen molar-refractivity contribution >= 4 is 55.9 Å². The average Bonchev–Trinajstić information content (AvgIpc) is 3.25. The number of anilines is 1. The first-order chi connectivity index (χ1) is 15.5. The molecule has 3 fully saturated rings. The van der Waals surface area contributed by atoms with Gasteiger partial charge in [-0.15, -0.1) is 0 Å². The molecule has 1 atom stereocenters. The molecule has 0 bridgehead atoms. The van der Waals surface area contributed by atoms with Gasteiger partial charge in [0.25, 0.3) is 11.5 Å². The molecule has 4 heterocycles. The third kappa shape index (κ3) is 4.35. The lowest BCUT2D eigenvalue weighted by Crippen LogP contribution is -2.46. The second-order valence-electron chi connectivity index (χ2n) is 8.61. The molecular weight excluding hydrogens is 482 g/mol. The number of carbonyl (C=O) groups excluding carboxylic acids is 1. The largest absolute Gasteiger partial charge is 0.355 e. The van der Waals surface area contributed by atoms with Crippen LogP contribution in [0.15, 0.2) is 9.70 Å². The summed E-state index contributed by atoms with van der Waals surface area (Å²) in [6, 6.07) is 1.55. The van der Waals surface area contributed by atoms with Crippen LogP contribution < -0.4 is 10.5 Å². The van der Waals surface area contributed by atoms with E-state index in [1.165, 1.54) is 9.47 Å². The zero-order chi connectivity index (χ0) is 24.1. The molecule has 1 unspecified atom stereocenters. The molecule has 0 N–H and O–H groups in total. The van der Waals surface area contributed by atoms with E-state index in [4.69, 9.17) is 12.2 Å². The van der Waals surface area contributed by atoms with E-state index in [0.29, 0.717) is 45.7 Å². The molecule has 3 aliphatic heterocycles. The molecule has 12 heteroatoms. The maximum atomic E-state index is 13.3. The van der Waals surface area contributed by atoms with E-state index in [1.807, 2.05) is 13.1 Å². The topological polar surface area (TPSA) is 107 Å². The Balaban J connectivity index is 1.79. The second kappa shape index (κ2) is 8.87. The van der Waals surface area contributed by atoms with Crippen molar-refractivity contribution in [1.29, 1.82) is 5.26 Å². The predicted octanol–water partition coefficient (Wildman–Crippen LogP) is 0.706. The summed E-state index contributed by atoms with van der Waals surface area (Å²) in [5.41, 5.74) is 0.824. The van der Waals surface area contributed by atoms with E-state index in [1.54, 1.807) is 20.0 Å². The molecule has 176 valence electrons. The summed E-state index contributed by atoms with van der Waals surface area (Å²) in [5.74, 6) is 0.297. The van der Waals surface area contributed by atoms with Crippen LogP contribution in [0.25, 0.3) is 6.08 Å². The van der Waals surface area contributed by atoms with Crippen LogP contribution in [0.2, 0.25) is 0 Å². The molecule has 9 nitrogen and oxygen atoms in total. The lowest BCUT2D eigenvalue weighted by Gasteiger charge is -2.36. The number of thioether (sulfide) groups is 1. The maximum absolute atomic E-state index is 13.3. The zero-order valence-corrected chi connectivity index (χ0v) is 21.1. The predicted molar refractivity (Wildman–Crippen MR) is 133 cm³/mol. The number of aromatic nitrogens is 1. The molecule has 0 aliphatic carbocycles. The smallest absolute Gasteiger partial charge is 0.270 e. The van der Waals surface area contributed by atoms with Crippen molar-refractivity contribution < 1.29 is 13.2 Å². The van der Waals surface area contributed by atoms with E-state index < -0.39 is 15.9 Å². The zero-order valence-electron chi connectivity index (χ0n) is 18.7. The molecule has 33 heavy (non-hydrogen) atoms. The van der Waals surface area contributed by atoms with Crippen LogP contribution in [0.3, 0.4) is 0 Å². The van der Waals surface area contributed by atoms with Crippen molar-refractivity contribution in [1.82, 2.24) is 14.4 Å². The summed E-state index contributed by atoms with van der Waals surface area (Å²) in [5, 5.41) is 9.61. The van der Waals surface area contributed by atoms with Crippen molar-refractivity contribution in [2.24, 2.45) is 7.05 Å². The van der Waals surface area contributed by atoms with Crippen molar-refractivity contribution in [3.63, 3.8) is 0 Å². The summed E-state index contributed by atoms with van der Waals surface area (Å²) < 4.78 is 25.7. The summed E-state index contributed by atoms with van der Waals surface area (Å²) in [7, 11) is 0.504. The monoisotopic (exact) mass is 507 g/mol. The minimum absolute atomic E-state index is 0.0407. The standard InChI is InChI=1S/C21H25N5O4S3/c1-13-15(10-17-20(28)26(21(31)32-17)14-4-9-33(29,30)12-14)18(24(3)19(27)16(13)11-22)25-7-5-23(2)6-8-25/h10,14H,4-9,12H2,1-3H3/b17-10+. The second-order valence-corrected chi connectivity index (χ2v) is 12.5. The fourth-order valence-corrected chi connectivity index (χ4v) is 7.60. The quantitative estimate of drug-likeness (QED) is 0.432. The van der Waals surface area contributed by atoms with Gasteiger partial charge in [-0.25, -0.2) is 8.42 Å². The third-order valence-corrected chi connectivity index (χ3v) is 9.52. The fourth-order valence-electron chi connectivity index (χ4n) is 4.52. The van der Waals surface area contributed by atoms with Crippen LogP contribution in [0.1, 0.15) is 23.1 Å². The summed E-state index contributed by atoms with van der Waals surface area (Å²) in [6.07, 6.45) is 2.07. The summed E-state index contributed by atoms with van der Waals surface area (Å²) in [6.45, 7) is 4.78. The Hall–Kier alpha value is -2.20. The van der Waals surface area contributed by atoms with Crippen LogP contribution in [-0.2, 0) is 21.7 Å². The van der Waals surface area contributed by atoms with E-state index in [9.17, 15) is 23.3 Å². The molecule has 0 aromatic carbocycles. The highest BCUT2D eigenvalue weighted by Gasteiger charge is 2.42. The molecule has 4 rings (SSSR count). The number of piperazine rings is 1. The number of amides is 1. The fraction of sp³-hybridized carbons (Fsp3) is 0.524. The van der Waals surface area contributed by atoms with Gasteiger partial charge in [0.2, 0.25) is 0 Å². The molecular formula is C21H25N5O4S3. The van der Waals surface area contributed by atoms with Gasteiger partial charge in [0.1, 0.15) is 21.8 Å². The van der Waals surface area contributed by atoms with Gasteiger partial charge in [0.05, 0.1) is 22.5 Å². The highest BCUT2D eigenvalue weighted by molar-refractivity contribution is 8.26. The molecule has 0 spiro atoms. The van der Waals surface area contributed by atoms with E-state index in [-0.39, 0.29) is 28.5 Å². The number of sulfone groups is 1. The van der Waals surface area contributed by atoms with Crippen molar-refractivity contribution in [2.75, 3.05) is 49.6 Å². The number of carbonyl (C=O) groups is 1. The average molecular weight is 508 g/mol. The van der Waals surface area contributed by atoms with Crippen LogP contribution in [0.5, 0.6) is 0 Å². The number of hydrogen-bond donors (Lipinski definition) is 0. The first kappa shape index (κ1) is 23.9. The van der Waals surface area contributed by atoms with Gasteiger partial charge >= 0.3 is 0 Å². The van der Waals surface area contributed by atoms with Gasteiger partial charge in [-0.1, -0.05) is 24.0 Å². The normalized spacial score (nSPS) is 24.7. The first-order valence-electron chi connectivity index (χ1n) is 10.6. The molecule has 0 radical (unpaired) electrons.